The van der Waals surface area contributed by atoms with Gasteiger partial charge in [0.15, 0.2) is 9.84 Å². The van der Waals surface area contributed by atoms with Gasteiger partial charge in [-0.3, -0.25) is 0 Å². The van der Waals surface area contributed by atoms with Crippen LogP contribution in [0.3, 0.4) is 0 Å². The second-order valence-corrected chi connectivity index (χ2v) is 7.42. The van der Waals surface area contributed by atoms with Gasteiger partial charge in [0.2, 0.25) is 0 Å². The average molecular weight is 267 g/mol. The highest BCUT2D eigenvalue weighted by atomic mass is 32.2. The van der Waals surface area contributed by atoms with Gasteiger partial charge < -0.3 is 5.32 Å². The number of nitrogens with one attached hydrogen (secondary N) is 1. The Morgan fingerprint density at radius 1 is 1.33 bits per heavy atom. The molecule has 0 bridgehead atoms. The normalized spacial score (nSPS) is 23.9. The van der Waals surface area contributed by atoms with Crippen LogP contribution in [-0.4, -0.2) is 32.0 Å². The van der Waals surface area contributed by atoms with E-state index in [4.69, 9.17) is 0 Å². The van der Waals surface area contributed by atoms with E-state index < -0.39 is 9.84 Å². The van der Waals surface area contributed by atoms with Crippen molar-refractivity contribution in [1.29, 1.82) is 0 Å². The van der Waals surface area contributed by atoms with Crippen LogP contribution in [0.15, 0.2) is 30.3 Å². The van der Waals surface area contributed by atoms with E-state index in [0.29, 0.717) is 17.5 Å². The molecule has 2 rings (SSSR count). The summed E-state index contributed by atoms with van der Waals surface area (Å²) in [5.74, 6) is 0.652. The number of benzene rings is 1. The molecule has 0 amide bonds. The molecule has 2 atom stereocenters. The predicted octanol–water partition coefficient (Wildman–Crippen LogP) is 1.78. The van der Waals surface area contributed by atoms with E-state index in [9.17, 15) is 8.42 Å². The highest BCUT2D eigenvalue weighted by molar-refractivity contribution is 7.91. The maximum atomic E-state index is 11.4. The molecule has 1 aliphatic rings. The van der Waals surface area contributed by atoms with E-state index in [1.807, 2.05) is 6.07 Å². The first-order chi connectivity index (χ1) is 8.55. The third kappa shape index (κ3) is 4.10. The van der Waals surface area contributed by atoms with Crippen molar-refractivity contribution in [1.82, 2.24) is 5.32 Å². The molecule has 0 spiro atoms. The third-order valence-electron chi connectivity index (χ3n) is 3.46. The SMILES string of the molecule is CC(CCc1ccccc1)NC1CCS(=O)(=O)C1. The Morgan fingerprint density at radius 3 is 2.67 bits per heavy atom. The van der Waals surface area contributed by atoms with Gasteiger partial charge >= 0.3 is 0 Å². The van der Waals surface area contributed by atoms with Crippen LogP contribution in [0.25, 0.3) is 0 Å². The van der Waals surface area contributed by atoms with Crippen LogP contribution in [0.2, 0.25) is 0 Å². The molecule has 0 aromatic heterocycles. The zero-order chi connectivity index (χ0) is 13.0. The van der Waals surface area contributed by atoms with E-state index in [-0.39, 0.29) is 6.04 Å². The van der Waals surface area contributed by atoms with Gasteiger partial charge in [0.25, 0.3) is 0 Å². The smallest absolute Gasteiger partial charge is 0.151 e. The quantitative estimate of drug-likeness (QED) is 0.884. The van der Waals surface area contributed by atoms with Gasteiger partial charge in [-0.15, -0.1) is 0 Å². The highest BCUT2D eigenvalue weighted by Crippen LogP contribution is 2.13. The van der Waals surface area contributed by atoms with Crippen LogP contribution in [0.4, 0.5) is 0 Å². The van der Waals surface area contributed by atoms with E-state index in [1.54, 1.807) is 0 Å². The minimum atomic E-state index is -2.77. The Hall–Kier alpha value is -0.870. The summed E-state index contributed by atoms with van der Waals surface area (Å²) in [6, 6.07) is 10.9. The minimum Gasteiger partial charge on any atom is -0.310 e. The fraction of sp³-hybridized carbons (Fsp3) is 0.571. The number of rotatable bonds is 5. The molecule has 1 aromatic rings. The van der Waals surface area contributed by atoms with Gasteiger partial charge in [-0.05, 0) is 31.7 Å². The molecule has 0 radical (unpaired) electrons. The summed E-state index contributed by atoms with van der Waals surface area (Å²) in [5, 5.41) is 3.43. The molecule has 18 heavy (non-hydrogen) atoms. The molecule has 4 heteroatoms. The van der Waals surface area contributed by atoms with Crippen molar-refractivity contribution in [2.75, 3.05) is 11.5 Å². The molecular formula is C14H21NO2S. The molecule has 1 aliphatic heterocycles. The monoisotopic (exact) mass is 267 g/mol. The molecule has 2 unspecified atom stereocenters. The lowest BCUT2D eigenvalue weighted by Gasteiger charge is -2.18. The molecule has 1 heterocycles. The van der Waals surface area contributed by atoms with E-state index in [1.165, 1.54) is 5.56 Å². The first-order valence-corrected chi connectivity index (χ1v) is 8.38. The predicted molar refractivity (Wildman–Crippen MR) is 74.4 cm³/mol. The Kier molecular flexibility index (Phi) is 4.40. The minimum absolute atomic E-state index is 0.153. The van der Waals surface area contributed by atoms with Crippen LogP contribution >= 0.6 is 0 Å². The summed E-state index contributed by atoms with van der Waals surface area (Å²) in [6.07, 6.45) is 2.84. The summed E-state index contributed by atoms with van der Waals surface area (Å²) in [4.78, 5) is 0. The van der Waals surface area contributed by atoms with Crippen LogP contribution in [-0.2, 0) is 16.3 Å². The number of aryl methyl sites for hydroxylation is 1. The van der Waals surface area contributed by atoms with Gasteiger partial charge in [-0.1, -0.05) is 30.3 Å². The lowest BCUT2D eigenvalue weighted by Crippen LogP contribution is -2.37. The average Bonchev–Trinajstić information content (AvgIpc) is 2.67. The topological polar surface area (TPSA) is 46.2 Å². The fourth-order valence-electron chi connectivity index (χ4n) is 2.44. The molecule has 0 saturated carbocycles. The van der Waals surface area contributed by atoms with Crippen LogP contribution < -0.4 is 5.32 Å². The lowest BCUT2D eigenvalue weighted by molar-refractivity contribution is 0.450. The van der Waals surface area contributed by atoms with Crippen molar-refractivity contribution in [3.05, 3.63) is 35.9 Å². The van der Waals surface area contributed by atoms with Gasteiger partial charge in [0.05, 0.1) is 11.5 Å². The first kappa shape index (κ1) is 13.6. The lowest BCUT2D eigenvalue weighted by atomic mass is 10.1. The van der Waals surface area contributed by atoms with Crippen molar-refractivity contribution in [3.8, 4) is 0 Å². The number of hydrogen-bond donors (Lipinski definition) is 1. The summed E-state index contributed by atoms with van der Waals surface area (Å²) >= 11 is 0. The largest absolute Gasteiger partial charge is 0.310 e. The zero-order valence-corrected chi connectivity index (χ0v) is 11.6. The molecule has 1 aromatic carbocycles. The van der Waals surface area contributed by atoms with Crippen molar-refractivity contribution in [3.63, 3.8) is 0 Å². The molecule has 0 aliphatic carbocycles. The molecule has 1 saturated heterocycles. The van der Waals surface area contributed by atoms with Crippen LogP contribution in [0.1, 0.15) is 25.3 Å². The van der Waals surface area contributed by atoms with Crippen molar-refractivity contribution < 1.29 is 8.42 Å². The first-order valence-electron chi connectivity index (χ1n) is 6.55. The van der Waals surface area contributed by atoms with E-state index >= 15 is 0 Å². The summed E-state index contributed by atoms with van der Waals surface area (Å²) < 4.78 is 22.7. The molecule has 1 N–H and O–H groups in total. The van der Waals surface area contributed by atoms with Gasteiger partial charge in [0.1, 0.15) is 0 Å². The van der Waals surface area contributed by atoms with Gasteiger partial charge in [-0.2, -0.15) is 0 Å². The maximum absolute atomic E-state index is 11.4. The molecular weight excluding hydrogens is 246 g/mol. The second kappa shape index (κ2) is 5.85. The summed E-state index contributed by atoms with van der Waals surface area (Å²) in [6.45, 7) is 2.13. The van der Waals surface area contributed by atoms with Crippen LogP contribution in [0, 0.1) is 0 Å². The molecule has 3 nitrogen and oxygen atoms in total. The summed E-state index contributed by atoms with van der Waals surface area (Å²) in [7, 11) is -2.77. The molecule has 1 fully saturated rings. The van der Waals surface area contributed by atoms with Gasteiger partial charge in [0, 0.05) is 12.1 Å². The van der Waals surface area contributed by atoms with Crippen molar-refractivity contribution >= 4 is 9.84 Å². The van der Waals surface area contributed by atoms with Crippen LogP contribution in [0.5, 0.6) is 0 Å². The third-order valence-corrected chi connectivity index (χ3v) is 5.23. The molecule has 100 valence electrons. The Balaban J connectivity index is 1.74. The van der Waals surface area contributed by atoms with E-state index in [2.05, 4.69) is 36.5 Å². The zero-order valence-electron chi connectivity index (χ0n) is 10.8. The number of hydrogen-bond acceptors (Lipinski definition) is 3. The highest BCUT2D eigenvalue weighted by Gasteiger charge is 2.28. The Labute approximate surface area is 110 Å². The summed E-state index contributed by atoms with van der Waals surface area (Å²) in [5.41, 5.74) is 1.34. The standard InChI is InChI=1S/C14H21NO2S/c1-12(7-8-13-5-3-2-4-6-13)15-14-9-10-18(16,17)11-14/h2-6,12,14-15H,7-11H2,1H3. The second-order valence-electron chi connectivity index (χ2n) is 5.19. The van der Waals surface area contributed by atoms with Crippen molar-refractivity contribution in [2.24, 2.45) is 0 Å². The fourth-order valence-corrected chi connectivity index (χ4v) is 4.13. The Morgan fingerprint density at radius 2 is 2.06 bits per heavy atom. The number of sulfone groups is 1. The van der Waals surface area contributed by atoms with Gasteiger partial charge in [-0.25, -0.2) is 8.42 Å². The van der Waals surface area contributed by atoms with Crippen molar-refractivity contribution in [2.45, 2.75) is 38.3 Å². The van der Waals surface area contributed by atoms with E-state index in [0.717, 1.165) is 19.3 Å². The Bertz CT molecular complexity index is 470. The maximum Gasteiger partial charge on any atom is 0.151 e.